The first-order valence-corrected chi connectivity index (χ1v) is 4.48. The van der Waals surface area contributed by atoms with Crippen LogP contribution in [0.5, 0.6) is 5.75 Å². The molecule has 1 aromatic carbocycles. The molecule has 1 aromatic rings. The standard InChI is InChI=1S/C11H14O3/c1-9(12)14-8-7-10-3-5-11(13-2)6-4-10/h3-6H,7-8H2,1-2H3. The number of ether oxygens (including phenoxy) is 2. The van der Waals surface area contributed by atoms with Gasteiger partial charge in [0, 0.05) is 13.3 Å². The highest BCUT2D eigenvalue weighted by atomic mass is 16.5. The first-order chi connectivity index (χ1) is 6.72. The molecule has 0 heterocycles. The number of esters is 1. The quantitative estimate of drug-likeness (QED) is 0.685. The number of carbonyl (C=O) groups is 1. The van der Waals surface area contributed by atoms with Gasteiger partial charge in [0.1, 0.15) is 5.75 Å². The summed E-state index contributed by atoms with van der Waals surface area (Å²) in [5.41, 5.74) is 1.13. The van der Waals surface area contributed by atoms with Gasteiger partial charge in [-0.3, -0.25) is 4.79 Å². The SMILES string of the molecule is COc1ccc(CCOC(C)=O)cc1. The van der Waals surface area contributed by atoms with Crippen LogP contribution in [0.4, 0.5) is 0 Å². The van der Waals surface area contributed by atoms with Gasteiger partial charge in [-0.15, -0.1) is 0 Å². The molecular formula is C11H14O3. The largest absolute Gasteiger partial charge is 0.497 e. The van der Waals surface area contributed by atoms with E-state index in [4.69, 9.17) is 9.47 Å². The molecule has 0 atom stereocenters. The van der Waals surface area contributed by atoms with Crippen LogP contribution in [0.1, 0.15) is 12.5 Å². The van der Waals surface area contributed by atoms with E-state index in [2.05, 4.69) is 0 Å². The molecule has 0 N–H and O–H groups in total. The minimum Gasteiger partial charge on any atom is -0.497 e. The maximum Gasteiger partial charge on any atom is 0.302 e. The molecule has 0 radical (unpaired) electrons. The van der Waals surface area contributed by atoms with Crippen molar-refractivity contribution in [1.82, 2.24) is 0 Å². The summed E-state index contributed by atoms with van der Waals surface area (Å²) in [6.07, 6.45) is 0.740. The highest BCUT2D eigenvalue weighted by Gasteiger charge is 1.96. The van der Waals surface area contributed by atoms with Gasteiger partial charge in [0.2, 0.25) is 0 Å². The van der Waals surface area contributed by atoms with E-state index in [0.29, 0.717) is 6.61 Å². The maximum absolute atomic E-state index is 10.5. The molecule has 1 rings (SSSR count). The van der Waals surface area contributed by atoms with Crippen molar-refractivity contribution >= 4 is 5.97 Å². The van der Waals surface area contributed by atoms with Gasteiger partial charge in [0.15, 0.2) is 0 Å². The second-order valence-corrected chi connectivity index (χ2v) is 2.94. The molecule has 3 heteroatoms. The molecule has 0 spiro atoms. The molecular weight excluding hydrogens is 180 g/mol. The van der Waals surface area contributed by atoms with Crippen LogP contribution in [0, 0.1) is 0 Å². The van der Waals surface area contributed by atoms with Crippen LogP contribution in [-0.2, 0) is 16.0 Å². The summed E-state index contributed by atoms with van der Waals surface area (Å²) >= 11 is 0. The third kappa shape index (κ3) is 3.47. The Balaban J connectivity index is 2.40. The average Bonchev–Trinajstić information content (AvgIpc) is 2.18. The lowest BCUT2D eigenvalue weighted by atomic mass is 10.1. The van der Waals surface area contributed by atoms with Crippen LogP contribution >= 0.6 is 0 Å². The summed E-state index contributed by atoms with van der Waals surface area (Å²) in [7, 11) is 1.63. The van der Waals surface area contributed by atoms with Crippen molar-refractivity contribution in [2.24, 2.45) is 0 Å². The number of hydrogen-bond acceptors (Lipinski definition) is 3. The Morgan fingerprint density at radius 3 is 2.43 bits per heavy atom. The van der Waals surface area contributed by atoms with E-state index in [0.717, 1.165) is 17.7 Å². The molecule has 0 saturated heterocycles. The number of rotatable bonds is 4. The Labute approximate surface area is 83.6 Å². The maximum atomic E-state index is 10.5. The molecule has 0 bridgehead atoms. The van der Waals surface area contributed by atoms with Crippen molar-refractivity contribution < 1.29 is 14.3 Å². The van der Waals surface area contributed by atoms with Gasteiger partial charge in [-0.2, -0.15) is 0 Å². The number of carbonyl (C=O) groups excluding carboxylic acids is 1. The lowest BCUT2D eigenvalue weighted by Crippen LogP contribution is -2.03. The second-order valence-electron chi connectivity index (χ2n) is 2.94. The van der Waals surface area contributed by atoms with Crippen molar-refractivity contribution in [3.05, 3.63) is 29.8 Å². The van der Waals surface area contributed by atoms with Gasteiger partial charge >= 0.3 is 5.97 Å². The average molecular weight is 194 g/mol. The molecule has 0 saturated carbocycles. The van der Waals surface area contributed by atoms with Crippen molar-refractivity contribution in [3.8, 4) is 5.75 Å². The fraction of sp³-hybridized carbons (Fsp3) is 0.364. The summed E-state index contributed by atoms with van der Waals surface area (Å²) in [5.74, 6) is 0.597. The molecule has 0 aliphatic carbocycles. The van der Waals surface area contributed by atoms with E-state index < -0.39 is 0 Å². The fourth-order valence-electron chi connectivity index (χ4n) is 1.10. The number of benzene rings is 1. The van der Waals surface area contributed by atoms with Gasteiger partial charge < -0.3 is 9.47 Å². The summed E-state index contributed by atoms with van der Waals surface area (Å²) < 4.78 is 9.86. The zero-order chi connectivity index (χ0) is 10.4. The topological polar surface area (TPSA) is 35.5 Å². The predicted molar refractivity (Wildman–Crippen MR) is 53.3 cm³/mol. The third-order valence-corrected chi connectivity index (χ3v) is 1.86. The molecule has 0 aliphatic heterocycles. The summed E-state index contributed by atoms with van der Waals surface area (Å²) in [5, 5.41) is 0. The van der Waals surface area contributed by atoms with Gasteiger partial charge in [-0.25, -0.2) is 0 Å². The van der Waals surface area contributed by atoms with E-state index in [-0.39, 0.29) is 5.97 Å². The molecule has 0 unspecified atom stereocenters. The zero-order valence-corrected chi connectivity index (χ0v) is 8.45. The minimum absolute atomic E-state index is 0.237. The number of hydrogen-bond donors (Lipinski definition) is 0. The smallest absolute Gasteiger partial charge is 0.302 e. The Hall–Kier alpha value is -1.51. The fourth-order valence-corrected chi connectivity index (χ4v) is 1.10. The van der Waals surface area contributed by atoms with Gasteiger partial charge in [-0.1, -0.05) is 12.1 Å². The monoisotopic (exact) mass is 194 g/mol. The van der Waals surface area contributed by atoms with Crippen LogP contribution in [-0.4, -0.2) is 19.7 Å². The zero-order valence-electron chi connectivity index (χ0n) is 8.45. The van der Waals surface area contributed by atoms with Crippen molar-refractivity contribution in [2.45, 2.75) is 13.3 Å². The molecule has 14 heavy (non-hydrogen) atoms. The van der Waals surface area contributed by atoms with Gasteiger partial charge in [0.25, 0.3) is 0 Å². The molecule has 0 fully saturated rings. The van der Waals surface area contributed by atoms with Crippen LogP contribution in [0.3, 0.4) is 0 Å². The highest BCUT2D eigenvalue weighted by Crippen LogP contribution is 2.11. The highest BCUT2D eigenvalue weighted by molar-refractivity contribution is 5.65. The van der Waals surface area contributed by atoms with Crippen molar-refractivity contribution in [3.63, 3.8) is 0 Å². The van der Waals surface area contributed by atoms with Crippen molar-refractivity contribution in [2.75, 3.05) is 13.7 Å². The molecule has 0 aliphatic rings. The van der Waals surface area contributed by atoms with Crippen LogP contribution in [0.25, 0.3) is 0 Å². The minimum atomic E-state index is -0.237. The first-order valence-electron chi connectivity index (χ1n) is 4.48. The van der Waals surface area contributed by atoms with Gasteiger partial charge in [0.05, 0.1) is 13.7 Å². The summed E-state index contributed by atoms with van der Waals surface area (Å²) in [4.78, 5) is 10.5. The number of methoxy groups -OCH3 is 1. The summed E-state index contributed by atoms with van der Waals surface area (Å²) in [6.45, 7) is 1.84. The van der Waals surface area contributed by atoms with Crippen molar-refractivity contribution in [1.29, 1.82) is 0 Å². The Kier molecular flexibility index (Phi) is 3.98. The molecule has 0 amide bonds. The Morgan fingerprint density at radius 1 is 1.29 bits per heavy atom. The molecule has 0 aromatic heterocycles. The van der Waals surface area contributed by atoms with Gasteiger partial charge in [-0.05, 0) is 17.7 Å². The Bertz CT molecular complexity index is 290. The third-order valence-electron chi connectivity index (χ3n) is 1.86. The first kappa shape index (κ1) is 10.6. The molecule has 3 nitrogen and oxygen atoms in total. The van der Waals surface area contributed by atoms with E-state index in [9.17, 15) is 4.79 Å². The summed E-state index contributed by atoms with van der Waals surface area (Å²) in [6, 6.07) is 7.71. The van der Waals surface area contributed by atoms with E-state index in [1.54, 1.807) is 7.11 Å². The second kappa shape index (κ2) is 5.27. The lowest BCUT2D eigenvalue weighted by Gasteiger charge is -2.03. The molecule has 76 valence electrons. The van der Waals surface area contributed by atoms with Crippen LogP contribution in [0.2, 0.25) is 0 Å². The normalized spacial score (nSPS) is 9.57. The Morgan fingerprint density at radius 2 is 1.93 bits per heavy atom. The van der Waals surface area contributed by atoms with Crippen LogP contribution in [0.15, 0.2) is 24.3 Å². The van der Waals surface area contributed by atoms with E-state index in [1.807, 2.05) is 24.3 Å². The predicted octanol–water partition coefficient (Wildman–Crippen LogP) is 1.80. The van der Waals surface area contributed by atoms with E-state index >= 15 is 0 Å². The van der Waals surface area contributed by atoms with Crippen LogP contribution < -0.4 is 4.74 Å². The lowest BCUT2D eigenvalue weighted by molar-refractivity contribution is -0.140. The van der Waals surface area contributed by atoms with E-state index in [1.165, 1.54) is 6.92 Å².